The van der Waals surface area contributed by atoms with E-state index >= 15 is 0 Å². The van der Waals surface area contributed by atoms with Crippen molar-refractivity contribution in [1.29, 1.82) is 0 Å². The lowest BCUT2D eigenvalue weighted by Gasteiger charge is -2.34. The quantitative estimate of drug-likeness (QED) is 0.513. The molecular formula is C22H22F3N3O3S2. The number of alkyl halides is 3. The predicted octanol–water partition coefficient (Wildman–Crippen LogP) is 4.17. The number of amides is 1. The van der Waals surface area contributed by atoms with E-state index in [1.54, 1.807) is 16.2 Å². The van der Waals surface area contributed by atoms with Crippen LogP contribution in [0.3, 0.4) is 0 Å². The van der Waals surface area contributed by atoms with Gasteiger partial charge in [-0.1, -0.05) is 18.2 Å². The number of carbonyl (C=O) groups is 1. The number of hydrogen-bond donors (Lipinski definition) is 0. The Hall–Kier alpha value is -2.50. The number of halogens is 3. The van der Waals surface area contributed by atoms with Gasteiger partial charge in [0.15, 0.2) is 0 Å². The summed E-state index contributed by atoms with van der Waals surface area (Å²) in [6, 6.07) is 11.6. The SMILES string of the molecule is O=C(CCCc1nc2ccccc2s1)N1CCN(S(=O)(=O)c2cccc(C(F)(F)F)c2)CC1. The number of fused-ring (bicyclic) bond motifs is 1. The summed E-state index contributed by atoms with van der Waals surface area (Å²) in [7, 11) is -4.07. The Balaban J connectivity index is 1.30. The molecule has 1 aliphatic heterocycles. The van der Waals surface area contributed by atoms with Crippen LogP contribution in [0, 0.1) is 0 Å². The minimum absolute atomic E-state index is 0.0438. The number of piperazine rings is 1. The van der Waals surface area contributed by atoms with Crippen LogP contribution in [0.4, 0.5) is 13.2 Å². The number of para-hydroxylation sites is 1. The molecule has 2 heterocycles. The van der Waals surface area contributed by atoms with E-state index in [2.05, 4.69) is 4.98 Å². The molecule has 1 amide bonds. The maximum Gasteiger partial charge on any atom is 0.416 e. The number of sulfonamides is 1. The molecule has 0 spiro atoms. The Kier molecular flexibility index (Phi) is 6.73. The second-order valence-electron chi connectivity index (χ2n) is 7.74. The number of benzene rings is 2. The molecule has 2 aromatic carbocycles. The number of thiazole rings is 1. The van der Waals surface area contributed by atoms with E-state index in [9.17, 15) is 26.4 Å². The van der Waals surface area contributed by atoms with Gasteiger partial charge in [-0.25, -0.2) is 13.4 Å². The summed E-state index contributed by atoms with van der Waals surface area (Å²) in [5.41, 5.74) is -0.0626. The standard InChI is InChI=1S/C22H22F3N3O3S2/c23-22(24,25)16-5-3-6-17(15-16)33(30,31)28-13-11-27(12-14-28)21(29)10-4-9-20-26-18-7-1-2-8-19(18)32-20/h1-3,5-8,15H,4,9-14H2. The first-order valence-corrected chi connectivity index (χ1v) is 12.7. The van der Waals surface area contributed by atoms with Gasteiger partial charge in [-0.05, 0) is 43.2 Å². The number of rotatable bonds is 6. The summed E-state index contributed by atoms with van der Waals surface area (Å²) < 4.78 is 66.7. The van der Waals surface area contributed by atoms with E-state index in [0.717, 1.165) is 37.7 Å². The lowest BCUT2D eigenvalue weighted by atomic mass is 10.2. The van der Waals surface area contributed by atoms with Crippen LogP contribution < -0.4 is 0 Å². The van der Waals surface area contributed by atoms with E-state index in [4.69, 9.17) is 0 Å². The molecule has 0 N–H and O–H groups in total. The minimum Gasteiger partial charge on any atom is -0.340 e. The largest absolute Gasteiger partial charge is 0.416 e. The summed E-state index contributed by atoms with van der Waals surface area (Å²) in [5, 5.41) is 0.973. The maximum absolute atomic E-state index is 12.9. The summed E-state index contributed by atoms with van der Waals surface area (Å²) in [4.78, 5) is 18.3. The summed E-state index contributed by atoms with van der Waals surface area (Å²) >= 11 is 1.61. The monoisotopic (exact) mass is 497 g/mol. The molecule has 1 aliphatic rings. The third kappa shape index (κ3) is 5.36. The number of aromatic nitrogens is 1. The fourth-order valence-electron chi connectivity index (χ4n) is 3.74. The average Bonchev–Trinajstić information content (AvgIpc) is 3.21. The highest BCUT2D eigenvalue weighted by Crippen LogP contribution is 2.31. The van der Waals surface area contributed by atoms with Gasteiger partial charge in [-0.3, -0.25) is 4.79 Å². The van der Waals surface area contributed by atoms with Crippen LogP contribution in [-0.4, -0.2) is 54.7 Å². The molecule has 0 saturated carbocycles. The molecule has 0 atom stereocenters. The van der Waals surface area contributed by atoms with Crippen molar-refractivity contribution < 1.29 is 26.4 Å². The molecular weight excluding hydrogens is 475 g/mol. The smallest absolute Gasteiger partial charge is 0.340 e. The van der Waals surface area contributed by atoms with Gasteiger partial charge in [0.1, 0.15) is 0 Å². The van der Waals surface area contributed by atoms with Gasteiger partial charge in [-0.15, -0.1) is 11.3 Å². The number of aryl methyl sites for hydroxylation is 1. The van der Waals surface area contributed by atoms with Gasteiger partial charge >= 0.3 is 6.18 Å². The van der Waals surface area contributed by atoms with Crippen molar-refractivity contribution in [1.82, 2.24) is 14.2 Å². The van der Waals surface area contributed by atoms with Gasteiger partial charge in [0.25, 0.3) is 0 Å². The Labute approximate surface area is 193 Å². The topological polar surface area (TPSA) is 70.6 Å². The summed E-state index contributed by atoms with van der Waals surface area (Å²) in [5.74, 6) is -0.0628. The lowest BCUT2D eigenvalue weighted by molar-refractivity contribution is -0.137. The van der Waals surface area contributed by atoms with Crippen LogP contribution in [0.1, 0.15) is 23.4 Å². The molecule has 0 radical (unpaired) electrons. The Morgan fingerprint density at radius 2 is 1.76 bits per heavy atom. The van der Waals surface area contributed by atoms with Gasteiger partial charge in [0.05, 0.1) is 25.7 Å². The van der Waals surface area contributed by atoms with Gasteiger partial charge < -0.3 is 4.90 Å². The zero-order valence-corrected chi connectivity index (χ0v) is 19.2. The van der Waals surface area contributed by atoms with E-state index in [-0.39, 0.29) is 32.1 Å². The Morgan fingerprint density at radius 1 is 1.03 bits per heavy atom. The molecule has 4 rings (SSSR count). The van der Waals surface area contributed by atoms with Crippen LogP contribution in [0.5, 0.6) is 0 Å². The van der Waals surface area contributed by atoms with Gasteiger partial charge in [0.2, 0.25) is 15.9 Å². The van der Waals surface area contributed by atoms with Crippen molar-refractivity contribution in [2.45, 2.75) is 30.3 Å². The first-order valence-electron chi connectivity index (χ1n) is 10.4. The maximum atomic E-state index is 12.9. The van der Waals surface area contributed by atoms with E-state index in [1.807, 2.05) is 24.3 Å². The van der Waals surface area contributed by atoms with Crippen molar-refractivity contribution >= 4 is 37.5 Å². The molecule has 0 unspecified atom stereocenters. The van der Waals surface area contributed by atoms with Crippen molar-refractivity contribution in [3.63, 3.8) is 0 Å². The number of nitrogens with zero attached hydrogens (tertiary/aromatic N) is 3. The van der Waals surface area contributed by atoms with Crippen LogP contribution in [0.25, 0.3) is 10.2 Å². The molecule has 0 aliphatic carbocycles. The van der Waals surface area contributed by atoms with Crippen LogP contribution in [0.2, 0.25) is 0 Å². The van der Waals surface area contributed by atoms with E-state index in [0.29, 0.717) is 25.3 Å². The zero-order chi connectivity index (χ0) is 23.6. The second kappa shape index (κ2) is 9.40. The highest BCUT2D eigenvalue weighted by atomic mass is 32.2. The molecule has 3 aromatic rings. The molecule has 1 fully saturated rings. The number of hydrogen-bond acceptors (Lipinski definition) is 5. The molecule has 6 nitrogen and oxygen atoms in total. The normalized spacial score (nSPS) is 15.8. The molecule has 11 heteroatoms. The molecule has 0 bridgehead atoms. The summed E-state index contributed by atoms with van der Waals surface area (Å²) in [6.45, 7) is 0.501. The van der Waals surface area contributed by atoms with Crippen LogP contribution in [0.15, 0.2) is 53.4 Å². The summed E-state index contributed by atoms with van der Waals surface area (Å²) in [6.07, 6.45) is -2.96. The predicted molar refractivity (Wildman–Crippen MR) is 119 cm³/mol. The molecule has 176 valence electrons. The Bertz CT molecular complexity index is 1220. The highest BCUT2D eigenvalue weighted by molar-refractivity contribution is 7.89. The minimum atomic E-state index is -4.62. The van der Waals surface area contributed by atoms with E-state index < -0.39 is 26.7 Å². The van der Waals surface area contributed by atoms with Crippen molar-refractivity contribution in [3.8, 4) is 0 Å². The first kappa shape index (κ1) is 23.7. The fourth-order valence-corrected chi connectivity index (χ4v) is 6.21. The molecule has 33 heavy (non-hydrogen) atoms. The number of carbonyl (C=O) groups excluding carboxylic acids is 1. The average molecular weight is 498 g/mol. The van der Waals surface area contributed by atoms with Gasteiger partial charge in [0, 0.05) is 32.6 Å². The zero-order valence-electron chi connectivity index (χ0n) is 17.6. The van der Waals surface area contributed by atoms with Crippen molar-refractivity contribution in [3.05, 3.63) is 59.1 Å². The van der Waals surface area contributed by atoms with Crippen molar-refractivity contribution in [2.24, 2.45) is 0 Å². The molecule has 1 aromatic heterocycles. The first-order chi connectivity index (χ1) is 15.6. The highest BCUT2D eigenvalue weighted by Gasteiger charge is 2.34. The Morgan fingerprint density at radius 3 is 2.45 bits per heavy atom. The van der Waals surface area contributed by atoms with E-state index in [1.165, 1.54) is 0 Å². The van der Waals surface area contributed by atoms with Crippen LogP contribution in [-0.2, 0) is 27.4 Å². The second-order valence-corrected chi connectivity index (χ2v) is 10.8. The van der Waals surface area contributed by atoms with Crippen LogP contribution >= 0.6 is 11.3 Å². The van der Waals surface area contributed by atoms with Gasteiger partial charge in [-0.2, -0.15) is 17.5 Å². The lowest BCUT2D eigenvalue weighted by Crippen LogP contribution is -2.50. The third-order valence-corrected chi connectivity index (χ3v) is 8.50. The fraction of sp³-hybridized carbons (Fsp3) is 0.364. The molecule has 1 saturated heterocycles. The van der Waals surface area contributed by atoms with Crippen molar-refractivity contribution in [2.75, 3.05) is 26.2 Å². The third-order valence-electron chi connectivity index (χ3n) is 5.51.